The van der Waals surface area contributed by atoms with Gasteiger partial charge < -0.3 is 5.11 Å². The van der Waals surface area contributed by atoms with E-state index in [1.54, 1.807) is 0 Å². The van der Waals surface area contributed by atoms with Gasteiger partial charge in [-0.25, -0.2) is 17.6 Å². The second-order valence-corrected chi connectivity index (χ2v) is 4.74. The smallest absolute Gasteiger partial charge is 0.296 e. The van der Waals surface area contributed by atoms with E-state index in [0.717, 1.165) is 10.9 Å². The average molecular weight is 329 g/mol. The average Bonchev–Trinajstić information content (AvgIpc) is 2.91. The van der Waals surface area contributed by atoms with Crippen LogP contribution in [0.5, 0.6) is 0 Å². The van der Waals surface area contributed by atoms with Crippen molar-refractivity contribution in [2.75, 3.05) is 0 Å². The maximum atomic E-state index is 13.0. The van der Waals surface area contributed by atoms with Crippen molar-refractivity contribution in [3.05, 3.63) is 16.9 Å². The van der Waals surface area contributed by atoms with Gasteiger partial charge in [-0.2, -0.15) is 15.2 Å². The van der Waals surface area contributed by atoms with Crippen molar-refractivity contribution < 1.29 is 27.5 Å². The van der Waals surface area contributed by atoms with Crippen LogP contribution in [0, 0.1) is 0 Å². The molecule has 1 aliphatic rings. The van der Waals surface area contributed by atoms with Crippen LogP contribution in [0.3, 0.4) is 0 Å². The molecule has 0 spiro atoms. The molecule has 2 heterocycles. The maximum absolute atomic E-state index is 13.0. The number of halogens is 5. The van der Waals surface area contributed by atoms with Gasteiger partial charge in [-0.15, -0.1) is 0 Å². The first kappa shape index (κ1) is 15.7. The lowest BCUT2D eigenvalue weighted by Gasteiger charge is -2.29. The number of hydrogen-bond acceptors (Lipinski definition) is 4. The van der Waals surface area contributed by atoms with Crippen LogP contribution in [0.25, 0.3) is 0 Å². The zero-order chi connectivity index (χ0) is 15.9. The van der Waals surface area contributed by atoms with Crippen molar-refractivity contribution in [2.45, 2.75) is 25.0 Å². The lowest BCUT2D eigenvalue weighted by atomic mass is 10.1. The van der Waals surface area contributed by atoms with Gasteiger partial charge in [0.25, 0.3) is 18.8 Å². The van der Waals surface area contributed by atoms with Crippen molar-refractivity contribution in [3.63, 3.8) is 0 Å². The Morgan fingerprint density at radius 3 is 2.52 bits per heavy atom. The quantitative estimate of drug-likeness (QED) is 0.855. The molecule has 1 atom stereocenters. The molecule has 0 aliphatic carbocycles. The molecule has 1 N–H and O–H groups in total. The van der Waals surface area contributed by atoms with E-state index in [1.807, 2.05) is 0 Å². The number of aromatic nitrogens is 2. The first-order valence-electron chi connectivity index (χ1n) is 5.56. The number of rotatable bonds is 3. The summed E-state index contributed by atoms with van der Waals surface area (Å²) < 4.78 is 52.2. The molecule has 0 unspecified atom stereocenters. The number of nitrogens with zero attached hydrogens (tertiary/aromatic N) is 4. The number of aryl methyl sites for hydroxylation is 1. The van der Waals surface area contributed by atoms with Crippen molar-refractivity contribution in [2.24, 2.45) is 12.1 Å². The Morgan fingerprint density at radius 1 is 1.48 bits per heavy atom. The second kappa shape index (κ2) is 5.26. The fraction of sp³-hybridized carbons (Fsp3) is 0.500. The molecule has 1 amide bonds. The van der Waals surface area contributed by atoms with Crippen LogP contribution in [0.4, 0.5) is 17.6 Å². The van der Waals surface area contributed by atoms with Crippen LogP contribution in [0.15, 0.2) is 11.3 Å². The Morgan fingerprint density at radius 2 is 2.10 bits per heavy atom. The fourth-order valence-corrected chi connectivity index (χ4v) is 2.10. The number of carbonyl (C=O) groups is 1. The Hall–Kier alpha value is -1.68. The van der Waals surface area contributed by atoms with Gasteiger partial charge in [0.15, 0.2) is 0 Å². The molecule has 1 aromatic rings. The minimum atomic E-state index is -3.49. The maximum Gasteiger partial charge on any atom is 0.296 e. The highest BCUT2D eigenvalue weighted by Crippen LogP contribution is 2.34. The first-order chi connectivity index (χ1) is 9.68. The van der Waals surface area contributed by atoms with Crippen molar-refractivity contribution >= 4 is 23.2 Å². The van der Waals surface area contributed by atoms with Gasteiger partial charge in [0.05, 0.1) is 11.2 Å². The molecule has 21 heavy (non-hydrogen) atoms. The topological polar surface area (TPSA) is 70.7 Å². The highest BCUT2D eigenvalue weighted by atomic mass is 35.5. The molecule has 0 aromatic carbocycles. The molecular formula is C10H9ClF4N4O2. The lowest BCUT2D eigenvalue weighted by molar-refractivity contribution is -0.164. The minimum Gasteiger partial charge on any atom is -0.364 e. The van der Waals surface area contributed by atoms with Gasteiger partial charge in [0, 0.05) is 13.5 Å². The van der Waals surface area contributed by atoms with Gasteiger partial charge in [0.1, 0.15) is 11.4 Å². The molecule has 0 radical (unpaired) electrons. The summed E-state index contributed by atoms with van der Waals surface area (Å²) in [6.07, 6.45) is -6.74. The van der Waals surface area contributed by atoms with E-state index in [0.29, 0.717) is 0 Å². The van der Waals surface area contributed by atoms with Crippen LogP contribution in [0.1, 0.15) is 16.9 Å². The summed E-state index contributed by atoms with van der Waals surface area (Å²) in [4.78, 5) is 12.2. The van der Waals surface area contributed by atoms with Gasteiger partial charge in [-0.3, -0.25) is 9.48 Å². The van der Waals surface area contributed by atoms with Crippen LogP contribution in [0.2, 0.25) is 5.02 Å². The van der Waals surface area contributed by atoms with Gasteiger partial charge in [-0.05, 0) is 0 Å². The Balaban J connectivity index is 2.46. The predicted molar refractivity (Wildman–Crippen MR) is 63.4 cm³/mol. The van der Waals surface area contributed by atoms with Gasteiger partial charge in [0.2, 0.25) is 5.72 Å². The molecule has 0 saturated heterocycles. The standard InChI is InChI=1S/C10H9ClF4N4O2/c1-18-6(4(11)3-16-18)8(20)19-10(21,9(14)15)2-5(17-19)7(12)13/h3,7,9,21H,2H2,1H3/t10-/m0/s1. The summed E-state index contributed by atoms with van der Waals surface area (Å²) in [5.74, 6) is -1.25. The van der Waals surface area contributed by atoms with Crippen LogP contribution < -0.4 is 0 Å². The summed E-state index contributed by atoms with van der Waals surface area (Å²) in [5, 5.41) is 16.3. The number of aliphatic hydroxyl groups is 1. The SMILES string of the molecule is Cn1ncc(Cl)c1C(=O)N1N=C(C(F)F)C[C@]1(O)C(F)F. The minimum absolute atomic E-state index is 0.0674. The largest absolute Gasteiger partial charge is 0.364 e. The summed E-state index contributed by atoms with van der Waals surface area (Å²) in [7, 11) is 1.30. The summed E-state index contributed by atoms with van der Waals surface area (Å²) in [5.41, 5.74) is -4.50. The molecule has 11 heteroatoms. The molecule has 1 aromatic heterocycles. The lowest BCUT2D eigenvalue weighted by Crippen LogP contribution is -2.52. The van der Waals surface area contributed by atoms with E-state index >= 15 is 0 Å². The number of carbonyl (C=O) groups excluding carboxylic acids is 1. The highest BCUT2D eigenvalue weighted by Gasteiger charge is 2.54. The predicted octanol–water partition coefficient (Wildman–Crippen LogP) is 1.49. The highest BCUT2D eigenvalue weighted by molar-refractivity contribution is 6.33. The normalized spacial score (nSPS) is 22.3. The zero-order valence-corrected chi connectivity index (χ0v) is 11.2. The number of alkyl halides is 4. The number of hydrazone groups is 1. The van der Waals surface area contributed by atoms with E-state index in [1.165, 1.54) is 7.05 Å². The molecule has 2 rings (SSSR count). The van der Waals surface area contributed by atoms with Crippen molar-refractivity contribution in [1.82, 2.24) is 14.8 Å². The van der Waals surface area contributed by atoms with Crippen LogP contribution >= 0.6 is 11.6 Å². The van der Waals surface area contributed by atoms with E-state index in [2.05, 4.69) is 10.2 Å². The molecule has 6 nitrogen and oxygen atoms in total. The van der Waals surface area contributed by atoms with Crippen LogP contribution in [-0.2, 0) is 7.05 Å². The number of amides is 1. The molecule has 0 bridgehead atoms. The molecule has 1 aliphatic heterocycles. The molecule has 0 saturated carbocycles. The zero-order valence-electron chi connectivity index (χ0n) is 10.5. The summed E-state index contributed by atoms with van der Waals surface area (Å²) >= 11 is 5.69. The van der Waals surface area contributed by atoms with Gasteiger partial charge in [-0.1, -0.05) is 11.6 Å². The van der Waals surface area contributed by atoms with Crippen molar-refractivity contribution in [1.29, 1.82) is 0 Å². The second-order valence-electron chi connectivity index (χ2n) is 4.33. The third kappa shape index (κ3) is 2.48. The molecule has 0 fully saturated rings. The monoisotopic (exact) mass is 328 g/mol. The number of hydrogen-bond donors (Lipinski definition) is 1. The Labute approximate surface area is 120 Å². The summed E-state index contributed by atoms with van der Waals surface area (Å²) in [6, 6.07) is 0. The Kier molecular flexibility index (Phi) is 3.93. The van der Waals surface area contributed by atoms with E-state index in [9.17, 15) is 27.5 Å². The van der Waals surface area contributed by atoms with Crippen molar-refractivity contribution in [3.8, 4) is 0 Å². The third-order valence-electron chi connectivity index (χ3n) is 2.93. The first-order valence-corrected chi connectivity index (χ1v) is 5.94. The van der Waals surface area contributed by atoms with Gasteiger partial charge >= 0.3 is 0 Å². The van der Waals surface area contributed by atoms with E-state index in [4.69, 9.17) is 11.6 Å². The van der Waals surface area contributed by atoms with E-state index < -0.39 is 36.6 Å². The summed E-state index contributed by atoms with van der Waals surface area (Å²) in [6.45, 7) is 0. The third-order valence-corrected chi connectivity index (χ3v) is 3.20. The molecular weight excluding hydrogens is 320 g/mol. The van der Waals surface area contributed by atoms with E-state index in [-0.39, 0.29) is 15.7 Å². The molecule has 116 valence electrons. The fourth-order valence-electron chi connectivity index (χ4n) is 1.86. The van der Waals surface area contributed by atoms with Crippen LogP contribution in [-0.4, -0.2) is 50.1 Å². The Bertz CT molecular complexity index is 586.